The molecule has 0 aliphatic heterocycles. The molecule has 0 radical (unpaired) electrons. The normalized spacial score (nSPS) is 14.1. The summed E-state index contributed by atoms with van der Waals surface area (Å²) in [5.74, 6) is 0. The molecule has 78 valence electrons. The lowest BCUT2D eigenvalue weighted by molar-refractivity contribution is -0.206. The van der Waals surface area contributed by atoms with Gasteiger partial charge in [0.2, 0.25) is 0 Å². The topological polar surface area (TPSA) is 20.2 Å². The van der Waals surface area contributed by atoms with Crippen molar-refractivity contribution in [2.24, 2.45) is 0 Å². The minimum Gasteiger partial charge on any atom is -0.379 e. The summed E-state index contributed by atoms with van der Waals surface area (Å²) in [5.41, 5.74) is 0.312. The molecule has 1 aromatic rings. The maximum absolute atomic E-state index is 12.1. The summed E-state index contributed by atoms with van der Waals surface area (Å²) in [6.07, 6.45) is -7.08. The molecule has 0 spiro atoms. The van der Waals surface area contributed by atoms with Crippen LogP contribution in [0, 0.1) is 6.92 Å². The van der Waals surface area contributed by atoms with Gasteiger partial charge in [-0.1, -0.05) is 23.7 Å². The van der Waals surface area contributed by atoms with Gasteiger partial charge in [0.05, 0.1) is 0 Å². The molecule has 0 fully saturated rings. The van der Waals surface area contributed by atoms with E-state index in [1.165, 1.54) is 12.1 Å². The largest absolute Gasteiger partial charge is 0.418 e. The van der Waals surface area contributed by atoms with E-state index in [1.54, 1.807) is 6.92 Å². The smallest absolute Gasteiger partial charge is 0.379 e. The van der Waals surface area contributed by atoms with E-state index in [4.69, 9.17) is 16.7 Å². The summed E-state index contributed by atoms with van der Waals surface area (Å²) in [6.45, 7) is 1.58. The van der Waals surface area contributed by atoms with Crippen molar-refractivity contribution in [2.75, 3.05) is 0 Å². The molecule has 1 unspecified atom stereocenters. The Bertz CT molecular complexity index is 335. The zero-order valence-corrected chi connectivity index (χ0v) is 8.02. The van der Waals surface area contributed by atoms with Gasteiger partial charge in [0.1, 0.15) is 0 Å². The zero-order valence-electron chi connectivity index (χ0n) is 7.27. The molecule has 0 saturated heterocycles. The third-order valence-corrected chi connectivity index (χ3v) is 2.23. The minimum absolute atomic E-state index is 0.195. The number of rotatable bonds is 1. The number of alkyl halides is 3. The van der Waals surface area contributed by atoms with Crippen molar-refractivity contribution in [1.82, 2.24) is 0 Å². The highest BCUT2D eigenvalue weighted by Crippen LogP contribution is 2.33. The average molecular weight is 225 g/mol. The lowest BCUT2D eigenvalue weighted by Crippen LogP contribution is -2.20. The van der Waals surface area contributed by atoms with Crippen molar-refractivity contribution in [3.05, 3.63) is 34.3 Å². The van der Waals surface area contributed by atoms with Crippen LogP contribution >= 0.6 is 11.6 Å². The van der Waals surface area contributed by atoms with E-state index in [0.717, 1.165) is 6.07 Å². The molecule has 1 nitrogen and oxygen atoms in total. The first-order chi connectivity index (χ1) is 6.32. The van der Waals surface area contributed by atoms with Gasteiger partial charge in [0, 0.05) is 5.02 Å². The van der Waals surface area contributed by atoms with Gasteiger partial charge in [0.15, 0.2) is 6.10 Å². The van der Waals surface area contributed by atoms with Crippen molar-refractivity contribution in [3.8, 4) is 0 Å². The molecule has 0 aliphatic carbocycles. The second-order valence-corrected chi connectivity index (χ2v) is 3.36. The predicted molar refractivity (Wildman–Crippen MR) is 47.2 cm³/mol. The van der Waals surface area contributed by atoms with Gasteiger partial charge in [-0.25, -0.2) is 0 Å². The first kappa shape index (κ1) is 11.3. The van der Waals surface area contributed by atoms with Gasteiger partial charge in [-0.15, -0.1) is 0 Å². The fraction of sp³-hybridized carbons (Fsp3) is 0.333. The molecule has 0 saturated carbocycles. The highest BCUT2D eigenvalue weighted by molar-refractivity contribution is 6.31. The molecule has 1 N–H and O–H groups in total. The van der Waals surface area contributed by atoms with Crippen LogP contribution in [0.15, 0.2) is 18.2 Å². The van der Waals surface area contributed by atoms with Crippen molar-refractivity contribution in [1.29, 1.82) is 0 Å². The highest BCUT2D eigenvalue weighted by atomic mass is 35.5. The quantitative estimate of drug-likeness (QED) is 0.777. The van der Waals surface area contributed by atoms with Crippen molar-refractivity contribution >= 4 is 11.6 Å². The summed E-state index contributed by atoms with van der Waals surface area (Å²) < 4.78 is 36.3. The van der Waals surface area contributed by atoms with Gasteiger partial charge >= 0.3 is 6.18 Å². The van der Waals surface area contributed by atoms with Gasteiger partial charge in [-0.2, -0.15) is 13.2 Å². The third-order valence-electron chi connectivity index (χ3n) is 1.81. The van der Waals surface area contributed by atoms with Crippen molar-refractivity contribution in [2.45, 2.75) is 19.2 Å². The Labute approximate surface area is 84.1 Å². The summed E-state index contributed by atoms with van der Waals surface area (Å²) >= 11 is 5.64. The Morgan fingerprint density at radius 2 is 1.93 bits per heavy atom. The standard InChI is InChI=1S/C9H8ClF3O/c1-5-4-6(2-3-7(5)10)8(14)9(11,12)13/h2-4,8,14H,1H3. The van der Waals surface area contributed by atoms with E-state index < -0.39 is 12.3 Å². The zero-order chi connectivity index (χ0) is 10.9. The van der Waals surface area contributed by atoms with Gasteiger partial charge in [-0.3, -0.25) is 0 Å². The average Bonchev–Trinajstić information content (AvgIpc) is 2.07. The molecule has 14 heavy (non-hydrogen) atoms. The van der Waals surface area contributed by atoms with E-state index in [1.807, 2.05) is 0 Å². The van der Waals surface area contributed by atoms with Crippen LogP contribution in [0.3, 0.4) is 0 Å². The van der Waals surface area contributed by atoms with Gasteiger partial charge < -0.3 is 5.11 Å². The van der Waals surface area contributed by atoms with Crippen LogP contribution in [0.2, 0.25) is 5.02 Å². The number of benzene rings is 1. The van der Waals surface area contributed by atoms with Crippen LogP contribution in [-0.4, -0.2) is 11.3 Å². The Balaban J connectivity index is 3.03. The van der Waals surface area contributed by atoms with Gasteiger partial charge in [0.25, 0.3) is 0 Å². The second kappa shape index (κ2) is 3.79. The highest BCUT2D eigenvalue weighted by Gasteiger charge is 2.39. The van der Waals surface area contributed by atoms with Crippen molar-refractivity contribution < 1.29 is 18.3 Å². The second-order valence-electron chi connectivity index (χ2n) is 2.95. The number of hydrogen-bond donors (Lipinski definition) is 1. The fourth-order valence-electron chi connectivity index (χ4n) is 1.03. The van der Waals surface area contributed by atoms with Crippen LogP contribution in [0.25, 0.3) is 0 Å². The van der Waals surface area contributed by atoms with Crippen LogP contribution < -0.4 is 0 Å². The number of aliphatic hydroxyl groups excluding tert-OH is 1. The minimum atomic E-state index is -4.64. The molecule has 1 atom stereocenters. The van der Waals surface area contributed by atoms with Crippen LogP contribution in [0.1, 0.15) is 17.2 Å². The van der Waals surface area contributed by atoms with Crippen LogP contribution in [0.4, 0.5) is 13.2 Å². The molecule has 0 aliphatic rings. The molecule has 0 heterocycles. The monoisotopic (exact) mass is 224 g/mol. The Hall–Kier alpha value is -0.740. The lowest BCUT2D eigenvalue weighted by Gasteiger charge is -2.15. The lowest BCUT2D eigenvalue weighted by atomic mass is 10.1. The summed E-state index contributed by atoms with van der Waals surface area (Å²) in [7, 11) is 0. The Morgan fingerprint density at radius 3 is 2.36 bits per heavy atom. The SMILES string of the molecule is Cc1cc(C(O)C(F)(F)F)ccc1Cl. The van der Waals surface area contributed by atoms with E-state index in [2.05, 4.69) is 0 Å². The van der Waals surface area contributed by atoms with E-state index in [9.17, 15) is 13.2 Å². The van der Waals surface area contributed by atoms with Crippen LogP contribution in [0.5, 0.6) is 0 Å². The summed E-state index contributed by atoms with van der Waals surface area (Å²) in [5, 5.41) is 9.28. The number of halogens is 4. The number of aryl methyl sites for hydroxylation is 1. The summed E-state index contributed by atoms with van der Waals surface area (Å²) in [4.78, 5) is 0. The Morgan fingerprint density at radius 1 is 1.36 bits per heavy atom. The van der Waals surface area contributed by atoms with E-state index in [-0.39, 0.29) is 5.56 Å². The Kier molecular flexibility index (Phi) is 3.07. The third kappa shape index (κ3) is 2.39. The van der Waals surface area contributed by atoms with E-state index >= 15 is 0 Å². The molecular weight excluding hydrogens is 217 g/mol. The van der Waals surface area contributed by atoms with Crippen LogP contribution in [-0.2, 0) is 0 Å². The van der Waals surface area contributed by atoms with Crippen molar-refractivity contribution in [3.63, 3.8) is 0 Å². The maximum Gasteiger partial charge on any atom is 0.418 e. The maximum atomic E-state index is 12.1. The molecular formula is C9H8ClF3O. The number of hydrogen-bond acceptors (Lipinski definition) is 1. The first-order valence-electron chi connectivity index (χ1n) is 3.83. The molecule has 0 aromatic heterocycles. The predicted octanol–water partition coefficient (Wildman–Crippen LogP) is 3.24. The number of aliphatic hydroxyl groups is 1. The molecule has 0 amide bonds. The molecule has 1 aromatic carbocycles. The van der Waals surface area contributed by atoms with E-state index in [0.29, 0.717) is 10.6 Å². The van der Waals surface area contributed by atoms with Gasteiger partial charge in [-0.05, 0) is 24.1 Å². The fourth-order valence-corrected chi connectivity index (χ4v) is 1.14. The molecule has 0 bridgehead atoms. The molecule has 5 heteroatoms. The molecule has 1 rings (SSSR count). The first-order valence-corrected chi connectivity index (χ1v) is 4.21. The summed E-state index contributed by atoms with van der Waals surface area (Å²) in [6, 6.07) is 3.72.